The predicted molar refractivity (Wildman–Crippen MR) is 80.8 cm³/mol. The Bertz CT molecular complexity index is 579. The zero-order chi connectivity index (χ0) is 14.4. The van der Waals surface area contributed by atoms with Crippen molar-refractivity contribution in [1.29, 1.82) is 0 Å². The van der Waals surface area contributed by atoms with Crippen LogP contribution in [0.5, 0.6) is 5.75 Å². The Hall–Kier alpha value is -2.49. The molecule has 4 nitrogen and oxygen atoms in total. The number of carbonyl (C=O) groups is 1. The van der Waals surface area contributed by atoms with E-state index in [-0.39, 0.29) is 5.91 Å². The molecule has 0 radical (unpaired) electrons. The van der Waals surface area contributed by atoms with E-state index in [2.05, 4.69) is 5.32 Å². The highest BCUT2D eigenvalue weighted by molar-refractivity contribution is 5.90. The van der Waals surface area contributed by atoms with E-state index in [1.807, 2.05) is 31.2 Å². The van der Waals surface area contributed by atoms with Crippen LogP contribution in [0.1, 0.15) is 12.0 Å². The van der Waals surface area contributed by atoms with Gasteiger partial charge in [0.05, 0.1) is 13.0 Å². The number of nitrogen functional groups attached to an aromatic ring is 1. The van der Waals surface area contributed by atoms with E-state index in [9.17, 15) is 4.79 Å². The highest BCUT2D eigenvalue weighted by Gasteiger charge is 2.03. The number of ether oxygens (including phenoxy) is 1. The topological polar surface area (TPSA) is 64.3 Å². The van der Waals surface area contributed by atoms with Crippen molar-refractivity contribution < 1.29 is 9.53 Å². The van der Waals surface area contributed by atoms with Gasteiger partial charge in [-0.1, -0.05) is 12.1 Å². The third kappa shape index (κ3) is 4.31. The van der Waals surface area contributed by atoms with Crippen molar-refractivity contribution >= 4 is 17.3 Å². The van der Waals surface area contributed by atoms with Gasteiger partial charge in [0.2, 0.25) is 5.91 Å². The number of benzene rings is 2. The van der Waals surface area contributed by atoms with E-state index in [1.165, 1.54) is 0 Å². The van der Waals surface area contributed by atoms with Crippen LogP contribution in [-0.2, 0) is 4.79 Å². The third-order valence-electron chi connectivity index (χ3n) is 2.78. The highest BCUT2D eigenvalue weighted by atomic mass is 16.5. The SMILES string of the molecule is Cc1cccc(OCCC(=O)Nc2ccc(N)cc2)c1. The van der Waals surface area contributed by atoms with Crippen molar-refractivity contribution in [2.75, 3.05) is 17.7 Å². The Labute approximate surface area is 118 Å². The Morgan fingerprint density at radius 2 is 1.95 bits per heavy atom. The van der Waals surface area contributed by atoms with Gasteiger partial charge in [-0.25, -0.2) is 0 Å². The molecule has 3 N–H and O–H groups in total. The lowest BCUT2D eigenvalue weighted by atomic mass is 10.2. The standard InChI is InChI=1S/C16H18N2O2/c1-12-3-2-4-15(11-12)20-10-9-16(19)18-14-7-5-13(17)6-8-14/h2-8,11H,9-10,17H2,1H3,(H,18,19). The van der Waals surface area contributed by atoms with Crippen molar-refractivity contribution in [2.24, 2.45) is 0 Å². The van der Waals surface area contributed by atoms with E-state index in [1.54, 1.807) is 24.3 Å². The van der Waals surface area contributed by atoms with Crippen LogP contribution in [0, 0.1) is 6.92 Å². The number of aryl methyl sites for hydroxylation is 1. The van der Waals surface area contributed by atoms with Crippen LogP contribution in [0.2, 0.25) is 0 Å². The molecule has 0 spiro atoms. The van der Waals surface area contributed by atoms with Crippen LogP contribution in [-0.4, -0.2) is 12.5 Å². The maximum atomic E-state index is 11.7. The number of hydrogen-bond acceptors (Lipinski definition) is 3. The predicted octanol–water partition coefficient (Wildman–Crippen LogP) is 2.98. The van der Waals surface area contributed by atoms with Crippen LogP contribution >= 0.6 is 0 Å². The first-order chi connectivity index (χ1) is 9.63. The fourth-order valence-electron chi connectivity index (χ4n) is 1.76. The van der Waals surface area contributed by atoms with Gasteiger partial charge in [-0.2, -0.15) is 0 Å². The van der Waals surface area contributed by atoms with Crippen LogP contribution < -0.4 is 15.8 Å². The van der Waals surface area contributed by atoms with Gasteiger partial charge in [-0.05, 0) is 48.9 Å². The monoisotopic (exact) mass is 270 g/mol. The van der Waals surface area contributed by atoms with Gasteiger partial charge in [0.25, 0.3) is 0 Å². The molecule has 0 heterocycles. The normalized spacial score (nSPS) is 10.1. The molecule has 0 aromatic heterocycles. The van der Waals surface area contributed by atoms with Crippen LogP contribution in [0.4, 0.5) is 11.4 Å². The van der Waals surface area contributed by atoms with Crippen molar-refractivity contribution in [3.05, 3.63) is 54.1 Å². The summed E-state index contributed by atoms with van der Waals surface area (Å²) >= 11 is 0. The van der Waals surface area contributed by atoms with Gasteiger partial charge >= 0.3 is 0 Å². The number of hydrogen-bond donors (Lipinski definition) is 2. The van der Waals surface area contributed by atoms with E-state index in [0.717, 1.165) is 17.0 Å². The molecule has 0 atom stereocenters. The molecule has 104 valence electrons. The molecule has 2 aromatic carbocycles. The molecule has 2 rings (SSSR count). The minimum atomic E-state index is -0.0811. The lowest BCUT2D eigenvalue weighted by Crippen LogP contribution is -2.15. The average Bonchev–Trinajstić information content (AvgIpc) is 2.41. The second-order valence-electron chi connectivity index (χ2n) is 4.59. The Balaban J connectivity index is 1.76. The van der Waals surface area contributed by atoms with Gasteiger partial charge in [-0.15, -0.1) is 0 Å². The molecular formula is C16H18N2O2. The van der Waals surface area contributed by atoms with Crippen LogP contribution in [0.3, 0.4) is 0 Å². The summed E-state index contributed by atoms with van der Waals surface area (Å²) in [5, 5.41) is 2.79. The molecule has 0 saturated heterocycles. The highest BCUT2D eigenvalue weighted by Crippen LogP contribution is 2.13. The number of nitrogens with two attached hydrogens (primary N) is 1. The smallest absolute Gasteiger partial charge is 0.227 e. The first kappa shape index (κ1) is 13.9. The third-order valence-corrected chi connectivity index (χ3v) is 2.78. The molecule has 0 aliphatic carbocycles. The van der Waals surface area contributed by atoms with Crippen molar-refractivity contribution in [2.45, 2.75) is 13.3 Å². The molecule has 0 bridgehead atoms. The maximum Gasteiger partial charge on any atom is 0.227 e. The molecular weight excluding hydrogens is 252 g/mol. The summed E-state index contributed by atoms with van der Waals surface area (Å²) in [5.41, 5.74) is 8.12. The molecule has 4 heteroatoms. The lowest BCUT2D eigenvalue weighted by molar-refractivity contribution is -0.116. The minimum Gasteiger partial charge on any atom is -0.493 e. The van der Waals surface area contributed by atoms with Crippen LogP contribution in [0.25, 0.3) is 0 Å². The number of anilines is 2. The van der Waals surface area contributed by atoms with Gasteiger partial charge in [0.15, 0.2) is 0 Å². The first-order valence-electron chi connectivity index (χ1n) is 6.48. The fraction of sp³-hybridized carbons (Fsp3) is 0.188. The van der Waals surface area contributed by atoms with Gasteiger partial charge in [-0.3, -0.25) is 4.79 Å². The Morgan fingerprint density at radius 3 is 2.65 bits per heavy atom. The van der Waals surface area contributed by atoms with E-state index in [0.29, 0.717) is 18.7 Å². The fourth-order valence-corrected chi connectivity index (χ4v) is 1.76. The second-order valence-corrected chi connectivity index (χ2v) is 4.59. The van der Waals surface area contributed by atoms with Crippen LogP contribution in [0.15, 0.2) is 48.5 Å². The summed E-state index contributed by atoms with van der Waals surface area (Å²) in [7, 11) is 0. The summed E-state index contributed by atoms with van der Waals surface area (Å²) in [6, 6.07) is 14.8. The minimum absolute atomic E-state index is 0.0811. The zero-order valence-corrected chi connectivity index (χ0v) is 11.4. The number of amides is 1. The van der Waals surface area contributed by atoms with Crippen molar-refractivity contribution in [3.63, 3.8) is 0 Å². The van der Waals surface area contributed by atoms with Gasteiger partial charge in [0.1, 0.15) is 5.75 Å². The van der Waals surface area contributed by atoms with E-state index in [4.69, 9.17) is 10.5 Å². The summed E-state index contributed by atoms with van der Waals surface area (Å²) < 4.78 is 5.53. The average molecular weight is 270 g/mol. The maximum absolute atomic E-state index is 11.7. The molecule has 0 saturated carbocycles. The second kappa shape index (κ2) is 6.61. The van der Waals surface area contributed by atoms with Gasteiger partial charge < -0.3 is 15.8 Å². The molecule has 1 amide bonds. The molecule has 0 aliphatic heterocycles. The summed E-state index contributed by atoms with van der Waals surface area (Å²) in [6.45, 7) is 2.35. The first-order valence-corrected chi connectivity index (χ1v) is 6.48. The number of rotatable bonds is 5. The zero-order valence-electron chi connectivity index (χ0n) is 11.4. The van der Waals surface area contributed by atoms with E-state index >= 15 is 0 Å². The summed E-state index contributed by atoms with van der Waals surface area (Å²) in [5.74, 6) is 0.702. The quantitative estimate of drug-likeness (QED) is 0.821. The molecule has 20 heavy (non-hydrogen) atoms. The Morgan fingerprint density at radius 1 is 1.20 bits per heavy atom. The lowest BCUT2D eigenvalue weighted by Gasteiger charge is -2.08. The molecule has 2 aromatic rings. The largest absolute Gasteiger partial charge is 0.493 e. The summed E-state index contributed by atoms with van der Waals surface area (Å²) in [6.07, 6.45) is 0.304. The van der Waals surface area contributed by atoms with Crippen molar-refractivity contribution in [3.8, 4) is 5.75 Å². The Kier molecular flexibility index (Phi) is 4.60. The van der Waals surface area contributed by atoms with Gasteiger partial charge in [0, 0.05) is 11.4 Å². The molecule has 0 aliphatic rings. The number of nitrogens with one attached hydrogen (secondary N) is 1. The summed E-state index contributed by atoms with van der Waals surface area (Å²) in [4.78, 5) is 11.7. The number of carbonyl (C=O) groups excluding carboxylic acids is 1. The van der Waals surface area contributed by atoms with E-state index < -0.39 is 0 Å². The molecule has 0 fully saturated rings. The molecule has 0 unspecified atom stereocenters. The van der Waals surface area contributed by atoms with Crippen molar-refractivity contribution in [1.82, 2.24) is 0 Å².